The minimum absolute atomic E-state index is 0.0771. The molecule has 0 aliphatic heterocycles. The van der Waals surface area contributed by atoms with Gasteiger partial charge in [-0.25, -0.2) is 9.97 Å². The van der Waals surface area contributed by atoms with E-state index in [0.717, 1.165) is 24.8 Å². The summed E-state index contributed by atoms with van der Waals surface area (Å²) in [5.74, 6) is -1.10. The third kappa shape index (κ3) is 7.09. The molecule has 0 spiro atoms. The van der Waals surface area contributed by atoms with Gasteiger partial charge in [0.05, 0.1) is 0 Å². The topological polar surface area (TPSA) is 195 Å². The quantitative estimate of drug-likeness (QED) is 0.185. The van der Waals surface area contributed by atoms with Crippen LogP contribution in [0.2, 0.25) is 5.15 Å². The van der Waals surface area contributed by atoms with Gasteiger partial charge in [0.25, 0.3) is 11.8 Å². The number of nitrogens with two attached hydrogens (primary N) is 3. The number of aryl methyl sites for hydroxylation is 1. The average molecular weight is 435 g/mol. The minimum atomic E-state index is -0.710. The zero-order valence-corrected chi connectivity index (χ0v) is 16.8. The summed E-state index contributed by atoms with van der Waals surface area (Å²) in [6.07, 6.45) is 2.46. The Morgan fingerprint density at radius 2 is 1.80 bits per heavy atom. The molecule has 11 nitrogen and oxygen atoms in total. The standard InChI is InChI=1S/C18H23ClN8O3/c19-14-16(22)26-15(21)13(25-14)17(29)27-18(23)24-8-2-1-3-10-4-6-11(7-5-10)30-9-12(20)28/h4-7H,1-3,8-9H2,(H2,20,28)(H4,21,22,26)(H3,23,24,27,29). The molecule has 0 fully saturated rings. The molecule has 160 valence electrons. The van der Waals surface area contributed by atoms with Gasteiger partial charge < -0.3 is 27.3 Å². The highest BCUT2D eigenvalue weighted by Gasteiger charge is 2.16. The lowest BCUT2D eigenvalue weighted by Gasteiger charge is -2.10. The molecule has 1 aromatic carbocycles. The van der Waals surface area contributed by atoms with Crippen molar-refractivity contribution in [2.24, 2.45) is 5.73 Å². The third-order valence-corrected chi connectivity index (χ3v) is 4.14. The Hall–Kier alpha value is -3.60. The lowest BCUT2D eigenvalue weighted by Crippen LogP contribution is -2.41. The molecular formula is C18H23ClN8O3. The van der Waals surface area contributed by atoms with Crippen LogP contribution in [0.4, 0.5) is 11.6 Å². The van der Waals surface area contributed by atoms with E-state index in [-0.39, 0.29) is 35.0 Å². The summed E-state index contributed by atoms with van der Waals surface area (Å²) >= 11 is 5.74. The number of aromatic nitrogens is 2. The fourth-order valence-electron chi connectivity index (χ4n) is 2.40. The van der Waals surface area contributed by atoms with Crippen LogP contribution >= 0.6 is 11.6 Å². The number of carbonyl (C=O) groups is 2. The van der Waals surface area contributed by atoms with E-state index in [1.165, 1.54) is 0 Å². The normalized spacial score (nSPS) is 10.3. The minimum Gasteiger partial charge on any atom is -0.484 e. The van der Waals surface area contributed by atoms with E-state index < -0.39 is 11.8 Å². The maximum atomic E-state index is 12.1. The largest absolute Gasteiger partial charge is 0.484 e. The van der Waals surface area contributed by atoms with Crippen molar-refractivity contribution >= 4 is 41.0 Å². The fourth-order valence-corrected chi connectivity index (χ4v) is 2.53. The van der Waals surface area contributed by atoms with Gasteiger partial charge >= 0.3 is 0 Å². The molecule has 0 saturated heterocycles. The lowest BCUT2D eigenvalue weighted by atomic mass is 10.1. The van der Waals surface area contributed by atoms with Crippen molar-refractivity contribution in [2.45, 2.75) is 19.3 Å². The highest BCUT2D eigenvalue weighted by molar-refractivity contribution is 6.31. The lowest BCUT2D eigenvalue weighted by molar-refractivity contribution is -0.119. The van der Waals surface area contributed by atoms with Crippen LogP contribution in [0.1, 0.15) is 28.9 Å². The SMILES string of the molecule is N=C(NCCCCc1ccc(OCC(N)=O)cc1)NC(=O)c1nc(Cl)c(N)nc1N. The number of nitrogens with one attached hydrogen (secondary N) is 3. The van der Waals surface area contributed by atoms with Crippen LogP contribution in [0, 0.1) is 5.41 Å². The maximum absolute atomic E-state index is 12.1. The second-order valence-corrected chi connectivity index (χ2v) is 6.60. The number of rotatable bonds is 9. The fraction of sp³-hybridized carbons (Fsp3) is 0.278. The predicted octanol–water partition coefficient (Wildman–Crippen LogP) is 0.436. The highest BCUT2D eigenvalue weighted by atomic mass is 35.5. The number of halogens is 1. The molecule has 2 rings (SSSR count). The molecule has 0 radical (unpaired) electrons. The number of guanidine groups is 1. The monoisotopic (exact) mass is 434 g/mol. The van der Waals surface area contributed by atoms with Crippen molar-refractivity contribution in [3.05, 3.63) is 40.7 Å². The molecule has 0 aliphatic carbocycles. The number of amides is 2. The summed E-state index contributed by atoms with van der Waals surface area (Å²) < 4.78 is 5.20. The molecule has 12 heteroatoms. The molecule has 1 heterocycles. The van der Waals surface area contributed by atoms with E-state index in [4.69, 9.17) is 38.9 Å². The first-order chi connectivity index (χ1) is 14.3. The molecule has 0 bridgehead atoms. The summed E-state index contributed by atoms with van der Waals surface area (Å²) in [5, 5.41) is 12.8. The first-order valence-electron chi connectivity index (χ1n) is 8.98. The summed E-state index contributed by atoms with van der Waals surface area (Å²) in [4.78, 5) is 30.3. The number of nitrogens with zero attached hydrogens (tertiary/aromatic N) is 2. The van der Waals surface area contributed by atoms with Gasteiger partial charge in [0.2, 0.25) is 0 Å². The molecule has 0 aliphatic rings. The number of ether oxygens (including phenoxy) is 1. The number of anilines is 2. The van der Waals surface area contributed by atoms with Crippen LogP contribution in [-0.4, -0.2) is 40.9 Å². The maximum Gasteiger partial charge on any atom is 0.280 e. The second kappa shape index (κ2) is 10.8. The average Bonchev–Trinajstić information content (AvgIpc) is 2.69. The Kier molecular flexibility index (Phi) is 8.18. The molecule has 0 unspecified atom stereocenters. The Morgan fingerprint density at radius 3 is 2.47 bits per heavy atom. The molecule has 2 aromatic rings. The van der Waals surface area contributed by atoms with Crippen LogP contribution in [0.5, 0.6) is 5.75 Å². The number of benzene rings is 1. The molecule has 2 amide bonds. The van der Waals surface area contributed by atoms with Crippen molar-refractivity contribution in [3.8, 4) is 5.75 Å². The van der Waals surface area contributed by atoms with Crippen LogP contribution in [0.25, 0.3) is 0 Å². The number of unbranched alkanes of at least 4 members (excludes halogenated alkanes) is 1. The van der Waals surface area contributed by atoms with Crippen molar-refractivity contribution in [3.63, 3.8) is 0 Å². The summed E-state index contributed by atoms with van der Waals surface area (Å²) in [6.45, 7) is 0.334. The van der Waals surface area contributed by atoms with Gasteiger partial charge in [0.15, 0.2) is 35.0 Å². The first-order valence-corrected chi connectivity index (χ1v) is 9.36. The number of hydrogen-bond donors (Lipinski definition) is 6. The number of nitrogen functional groups attached to an aromatic ring is 2. The number of hydrogen-bond acceptors (Lipinski definition) is 8. The molecule has 1 aromatic heterocycles. The van der Waals surface area contributed by atoms with Crippen molar-refractivity contribution in [1.82, 2.24) is 20.6 Å². The molecule has 9 N–H and O–H groups in total. The van der Waals surface area contributed by atoms with Crippen LogP contribution < -0.4 is 32.6 Å². The number of carbonyl (C=O) groups excluding carboxylic acids is 2. The van der Waals surface area contributed by atoms with Crippen LogP contribution in [0.3, 0.4) is 0 Å². The van der Waals surface area contributed by atoms with E-state index in [2.05, 4.69) is 20.6 Å². The van der Waals surface area contributed by atoms with Gasteiger partial charge in [-0.2, -0.15) is 0 Å². The zero-order chi connectivity index (χ0) is 22.1. The van der Waals surface area contributed by atoms with E-state index in [1.807, 2.05) is 12.1 Å². The molecule has 30 heavy (non-hydrogen) atoms. The van der Waals surface area contributed by atoms with Crippen LogP contribution in [-0.2, 0) is 11.2 Å². The summed E-state index contributed by atoms with van der Waals surface area (Å²) in [7, 11) is 0. The predicted molar refractivity (Wildman–Crippen MR) is 113 cm³/mol. The first kappa shape index (κ1) is 22.7. The summed E-state index contributed by atoms with van der Waals surface area (Å²) in [6, 6.07) is 7.38. The molecule has 0 atom stereocenters. The van der Waals surface area contributed by atoms with Gasteiger partial charge in [-0.1, -0.05) is 23.7 Å². The van der Waals surface area contributed by atoms with Crippen molar-refractivity contribution in [2.75, 3.05) is 24.6 Å². The molecule has 0 saturated carbocycles. The van der Waals surface area contributed by atoms with Gasteiger partial charge in [0.1, 0.15) is 5.75 Å². The van der Waals surface area contributed by atoms with Crippen molar-refractivity contribution in [1.29, 1.82) is 5.41 Å². The van der Waals surface area contributed by atoms with E-state index >= 15 is 0 Å². The van der Waals surface area contributed by atoms with E-state index in [0.29, 0.717) is 12.3 Å². The Labute approximate surface area is 177 Å². The third-order valence-electron chi connectivity index (χ3n) is 3.86. The van der Waals surface area contributed by atoms with Gasteiger partial charge in [-0.05, 0) is 37.0 Å². The Balaban J connectivity index is 1.68. The van der Waals surface area contributed by atoms with Gasteiger partial charge in [-0.3, -0.25) is 20.3 Å². The second-order valence-electron chi connectivity index (χ2n) is 6.25. The summed E-state index contributed by atoms with van der Waals surface area (Å²) in [5.41, 5.74) is 17.0. The zero-order valence-electron chi connectivity index (χ0n) is 16.1. The van der Waals surface area contributed by atoms with E-state index in [9.17, 15) is 9.59 Å². The van der Waals surface area contributed by atoms with E-state index in [1.54, 1.807) is 12.1 Å². The molecular weight excluding hydrogens is 412 g/mol. The number of primary amides is 1. The highest BCUT2D eigenvalue weighted by Crippen LogP contribution is 2.17. The Morgan fingerprint density at radius 1 is 1.10 bits per heavy atom. The van der Waals surface area contributed by atoms with Crippen molar-refractivity contribution < 1.29 is 14.3 Å². The Bertz CT molecular complexity index is 920. The van der Waals surface area contributed by atoms with Gasteiger partial charge in [0, 0.05) is 6.54 Å². The smallest absolute Gasteiger partial charge is 0.280 e. The van der Waals surface area contributed by atoms with Crippen LogP contribution in [0.15, 0.2) is 24.3 Å². The van der Waals surface area contributed by atoms with Gasteiger partial charge in [-0.15, -0.1) is 0 Å².